The molecule has 1 atom stereocenters. The number of amides is 2. The number of carbonyl (C=O) groups excluding carboxylic acids is 2. The fourth-order valence-corrected chi connectivity index (χ4v) is 3.21. The molecular formula is C24H24N2O2. The average molecular weight is 372 g/mol. The van der Waals surface area contributed by atoms with Crippen LogP contribution in [0.2, 0.25) is 0 Å². The lowest BCUT2D eigenvalue weighted by Crippen LogP contribution is -2.31. The Balaban J connectivity index is 1.75. The molecule has 0 saturated heterocycles. The standard InChI is InChI=1S/C24H24N2O2/c1-17-13-18(2)15-21(14-17)25-23(27)16-22(19-9-5-3-6-10-19)26-24(28)20-11-7-4-8-12-20/h3-15,22H,16H2,1-2H3,(H,25,27)(H,26,28)/t22-/m0/s1. The van der Waals surface area contributed by atoms with E-state index >= 15 is 0 Å². The highest BCUT2D eigenvalue weighted by atomic mass is 16.2. The molecule has 3 aromatic carbocycles. The minimum absolute atomic E-state index is 0.146. The molecular weight excluding hydrogens is 348 g/mol. The molecule has 0 fully saturated rings. The van der Waals surface area contributed by atoms with E-state index in [0.29, 0.717) is 5.56 Å². The van der Waals surface area contributed by atoms with Gasteiger partial charge in [-0.05, 0) is 54.8 Å². The second-order valence-electron chi connectivity index (χ2n) is 6.93. The van der Waals surface area contributed by atoms with Gasteiger partial charge in [-0.25, -0.2) is 0 Å². The van der Waals surface area contributed by atoms with Gasteiger partial charge in [0.2, 0.25) is 5.91 Å². The molecule has 0 aliphatic rings. The molecule has 4 heteroatoms. The smallest absolute Gasteiger partial charge is 0.251 e. The first kappa shape index (κ1) is 19.4. The highest BCUT2D eigenvalue weighted by Gasteiger charge is 2.19. The molecule has 28 heavy (non-hydrogen) atoms. The number of hydrogen-bond acceptors (Lipinski definition) is 2. The molecule has 0 saturated carbocycles. The van der Waals surface area contributed by atoms with E-state index in [-0.39, 0.29) is 18.2 Å². The summed E-state index contributed by atoms with van der Waals surface area (Å²) in [5.74, 6) is -0.346. The monoisotopic (exact) mass is 372 g/mol. The van der Waals surface area contributed by atoms with Crippen LogP contribution in [0.4, 0.5) is 5.69 Å². The molecule has 2 N–H and O–H groups in total. The van der Waals surface area contributed by atoms with Crippen LogP contribution in [0.5, 0.6) is 0 Å². The van der Waals surface area contributed by atoms with E-state index in [1.54, 1.807) is 12.1 Å². The summed E-state index contributed by atoms with van der Waals surface area (Å²) in [6, 6.07) is 24.1. The van der Waals surface area contributed by atoms with E-state index in [1.165, 1.54) is 0 Å². The number of aryl methyl sites for hydroxylation is 2. The normalized spacial score (nSPS) is 11.5. The van der Waals surface area contributed by atoms with E-state index in [4.69, 9.17) is 0 Å². The fourth-order valence-electron chi connectivity index (χ4n) is 3.21. The van der Waals surface area contributed by atoms with E-state index < -0.39 is 6.04 Å². The van der Waals surface area contributed by atoms with Gasteiger partial charge in [0, 0.05) is 11.3 Å². The van der Waals surface area contributed by atoms with Crippen molar-refractivity contribution in [2.24, 2.45) is 0 Å². The van der Waals surface area contributed by atoms with Crippen molar-refractivity contribution in [2.45, 2.75) is 26.3 Å². The third kappa shape index (κ3) is 5.30. The Hall–Kier alpha value is -3.40. The molecule has 3 rings (SSSR count). The van der Waals surface area contributed by atoms with Crippen LogP contribution in [0.15, 0.2) is 78.9 Å². The van der Waals surface area contributed by atoms with Gasteiger partial charge in [0.15, 0.2) is 0 Å². The molecule has 0 unspecified atom stereocenters. The third-order valence-corrected chi connectivity index (χ3v) is 4.44. The van der Waals surface area contributed by atoms with E-state index in [0.717, 1.165) is 22.4 Å². The first-order valence-corrected chi connectivity index (χ1v) is 9.30. The molecule has 0 bridgehead atoms. The Morgan fingerprint density at radius 2 is 1.39 bits per heavy atom. The Morgan fingerprint density at radius 3 is 2.00 bits per heavy atom. The van der Waals surface area contributed by atoms with Gasteiger partial charge in [-0.2, -0.15) is 0 Å². The first-order chi connectivity index (χ1) is 13.5. The van der Waals surface area contributed by atoms with Crippen LogP contribution >= 0.6 is 0 Å². The maximum absolute atomic E-state index is 12.7. The molecule has 0 radical (unpaired) electrons. The summed E-state index contributed by atoms with van der Waals surface area (Å²) in [6.07, 6.45) is 0.148. The summed E-state index contributed by atoms with van der Waals surface area (Å²) in [5, 5.41) is 5.94. The minimum Gasteiger partial charge on any atom is -0.345 e. The Morgan fingerprint density at radius 1 is 0.821 bits per heavy atom. The predicted octanol–water partition coefficient (Wildman–Crippen LogP) is 4.80. The van der Waals surface area contributed by atoms with Gasteiger partial charge in [-0.1, -0.05) is 54.6 Å². The van der Waals surface area contributed by atoms with Crippen LogP contribution in [0.25, 0.3) is 0 Å². The molecule has 0 heterocycles. The van der Waals surface area contributed by atoms with Gasteiger partial charge in [0.25, 0.3) is 5.91 Å². The van der Waals surface area contributed by atoms with Crippen molar-refractivity contribution in [3.63, 3.8) is 0 Å². The number of hydrogen-bond donors (Lipinski definition) is 2. The summed E-state index contributed by atoms with van der Waals surface area (Å²) in [6.45, 7) is 3.99. The second-order valence-corrected chi connectivity index (χ2v) is 6.93. The summed E-state index contributed by atoms with van der Waals surface area (Å²) >= 11 is 0. The van der Waals surface area contributed by atoms with Crippen molar-refractivity contribution in [1.29, 1.82) is 0 Å². The zero-order valence-electron chi connectivity index (χ0n) is 16.1. The second kappa shape index (κ2) is 9.00. The summed E-state index contributed by atoms with van der Waals surface area (Å²) in [7, 11) is 0. The van der Waals surface area contributed by atoms with Crippen molar-refractivity contribution in [1.82, 2.24) is 5.32 Å². The SMILES string of the molecule is Cc1cc(C)cc(NC(=O)C[C@H](NC(=O)c2ccccc2)c2ccccc2)c1. The van der Waals surface area contributed by atoms with Gasteiger partial charge in [0.1, 0.15) is 0 Å². The largest absolute Gasteiger partial charge is 0.345 e. The molecule has 0 aromatic heterocycles. The number of nitrogens with one attached hydrogen (secondary N) is 2. The van der Waals surface area contributed by atoms with Crippen molar-refractivity contribution in [3.8, 4) is 0 Å². The predicted molar refractivity (Wildman–Crippen MR) is 112 cm³/mol. The molecule has 0 aliphatic carbocycles. The van der Waals surface area contributed by atoms with Crippen molar-refractivity contribution in [2.75, 3.05) is 5.32 Å². The molecule has 0 aliphatic heterocycles. The third-order valence-electron chi connectivity index (χ3n) is 4.44. The molecule has 0 spiro atoms. The Bertz CT molecular complexity index is 933. The zero-order chi connectivity index (χ0) is 19.9. The topological polar surface area (TPSA) is 58.2 Å². The number of anilines is 1. The highest BCUT2D eigenvalue weighted by Crippen LogP contribution is 2.20. The minimum atomic E-state index is -0.417. The summed E-state index contributed by atoms with van der Waals surface area (Å²) in [5.41, 5.74) is 4.41. The molecule has 3 aromatic rings. The molecule has 2 amide bonds. The lowest BCUT2D eigenvalue weighted by atomic mass is 10.0. The highest BCUT2D eigenvalue weighted by molar-refractivity contribution is 5.95. The van der Waals surface area contributed by atoms with Crippen LogP contribution in [0, 0.1) is 13.8 Å². The summed E-state index contributed by atoms with van der Waals surface area (Å²) in [4.78, 5) is 25.3. The fraction of sp³-hybridized carbons (Fsp3) is 0.167. The van der Waals surface area contributed by atoms with Crippen LogP contribution in [0.3, 0.4) is 0 Å². The molecule has 4 nitrogen and oxygen atoms in total. The van der Waals surface area contributed by atoms with Crippen LogP contribution in [-0.4, -0.2) is 11.8 Å². The van der Waals surface area contributed by atoms with Crippen LogP contribution in [0.1, 0.15) is 39.5 Å². The Labute approximate surface area is 165 Å². The lowest BCUT2D eigenvalue weighted by Gasteiger charge is -2.19. The summed E-state index contributed by atoms with van der Waals surface area (Å²) < 4.78 is 0. The van der Waals surface area contributed by atoms with Crippen LogP contribution < -0.4 is 10.6 Å². The number of rotatable bonds is 6. The van der Waals surface area contributed by atoms with Gasteiger partial charge < -0.3 is 10.6 Å². The van der Waals surface area contributed by atoms with Crippen molar-refractivity contribution >= 4 is 17.5 Å². The van der Waals surface area contributed by atoms with E-state index in [9.17, 15) is 9.59 Å². The van der Waals surface area contributed by atoms with E-state index in [1.807, 2.05) is 74.5 Å². The quantitative estimate of drug-likeness (QED) is 0.653. The molecule has 142 valence electrons. The van der Waals surface area contributed by atoms with Gasteiger partial charge in [0.05, 0.1) is 12.5 Å². The van der Waals surface area contributed by atoms with E-state index in [2.05, 4.69) is 16.7 Å². The Kier molecular flexibility index (Phi) is 6.22. The van der Waals surface area contributed by atoms with Gasteiger partial charge >= 0.3 is 0 Å². The van der Waals surface area contributed by atoms with Gasteiger partial charge in [-0.15, -0.1) is 0 Å². The van der Waals surface area contributed by atoms with Crippen LogP contribution in [-0.2, 0) is 4.79 Å². The number of benzene rings is 3. The van der Waals surface area contributed by atoms with Crippen molar-refractivity contribution < 1.29 is 9.59 Å². The van der Waals surface area contributed by atoms with Crippen molar-refractivity contribution in [3.05, 3.63) is 101 Å². The zero-order valence-corrected chi connectivity index (χ0v) is 16.1. The van der Waals surface area contributed by atoms with Gasteiger partial charge in [-0.3, -0.25) is 9.59 Å². The lowest BCUT2D eigenvalue weighted by molar-refractivity contribution is -0.116. The maximum atomic E-state index is 12.7. The first-order valence-electron chi connectivity index (χ1n) is 9.30. The average Bonchev–Trinajstić information content (AvgIpc) is 2.68. The number of carbonyl (C=O) groups is 2. The maximum Gasteiger partial charge on any atom is 0.251 e.